The second-order valence-corrected chi connectivity index (χ2v) is 6.75. The molecule has 1 aromatic heterocycles. The highest BCUT2D eigenvalue weighted by atomic mass is 79.9. The molecule has 0 aliphatic rings. The third-order valence-electron chi connectivity index (χ3n) is 2.06. The minimum Gasteiger partial charge on any atom is -0.288 e. The molecule has 0 saturated carbocycles. The van der Waals surface area contributed by atoms with Gasteiger partial charge in [-0.15, -0.1) is 11.3 Å². The molecule has 0 atom stereocenters. The second-order valence-electron chi connectivity index (χ2n) is 3.16. The van der Waals surface area contributed by atoms with Crippen LogP contribution in [-0.4, -0.2) is 5.78 Å². The van der Waals surface area contributed by atoms with Crippen molar-refractivity contribution in [2.45, 2.75) is 0 Å². The van der Waals surface area contributed by atoms with Gasteiger partial charge in [-0.1, -0.05) is 40.9 Å². The van der Waals surface area contributed by atoms with Gasteiger partial charge in [0.05, 0.1) is 29.3 Å². The lowest BCUT2D eigenvalue weighted by Crippen LogP contribution is -2.00. The molecule has 0 unspecified atom stereocenters. The highest BCUT2D eigenvalue weighted by Gasteiger charge is 2.19. The lowest BCUT2D eigenvalue weighted by atomic mass is 10.1. The maximum Gasteiger partial charge on any atom is 0.206 e. The molecule has 1 heterocycles. The first-order valence-corrected chi connectivity index (χ1v) is 7.18. The van der Waals surface area contributed by atoms with E-state index >= 15 is 0 Å². The largest absolute Gasteiger partial charge is 0.288 e. The van der Waals surface area contributed by atoms with Crippen LogP contribution in [0, 0.1) is 0 Å². The molecular weight excluding hydrogens is 366 g/mol. The van der Waals surface area contributed by atoms with Crippen LogP contribution in [0.2, 0.25) is 15.1 Å². The van der Waals surface area contributed by atoms with Crippen LogP contribution in [0.3, 0.4) is 0 Å². The van der Waals surface area contributed by atoms with Gasteiger partial charge in [0.25, 0.3) is 0 Å². The van der Waals surface area contributed by atoms with Crippen molar-refractivity contribution >= 4 is 67.9 Å². The summed E-state index contributed by atoms with van der Waals surface area (Å²) in [6.45, 7) is 0. The number of carbonyl (C=O) groups is 1. The summed E-state index contributed by atoms with van der Waals surface area (Å²) in [6, 6.07) is 6.55. The molecule has 0 bridgehead atoms. The van der Waals surface area contributed by atoms with E-state index in [4.69, 9.17) is 34.8 Å². The van der Waals surface area contributed by atoms with Crippen molar-refractivity contribution in [3.63, 3.8) is 0 Å². The summed E-state index contributed by atoms with van der Waals surface area (Å²) >= 11 is 22.4. The average Bonchev–Trinajstić information content (AvgIpc) is 2.59. The highest BCUT2D eigenvalue weighted by molar-refractivity contribution is 9.11. The summed E-state index contributed by atoms with van der Waals surface area (Å²) in [6.07, 6.45) is 0. The quantitative estimate of drug-likeness (QED) is 0.620. The zero-order valence-electron chi connectivity index (χ0n) is 8.14. The van der Waals surface area contributed by atoms with Gasteiger partial charge in [-0.25, -0.2) is 0 Å². The highest BCUT2D eigenvalue weighted by Crippen LogP contribution is 2.35. The molecule has 0 amide bonds. The Labute approximate surface area is 125 Å². The van der Waals surface area contributed by atoms with Gasteiger partial charge < -0.3 is 0 Å². The predicted octanol–water partition coefficient (Wildman–Crippen LogP) is 5.70. The Bertz CT molecular complexity index is 555. The second kappa shape index (κ2) is 5.29. The Hall–Kier alpha value is -0.0600. The molecular formula is C11H4BrCl3OS. The third kappa shape index (κ3) is 2.69. The average molecular weight is 370 g/mol. The minimum atomic E-state index is -0.224. The van der Waals surface area contributed by atoms with E-state index in [0.29, 0.717) is 29.3 Å². The van der Waals surface area contributed by atoms with Gasteiger partial charge in [-0.2, -0.15) is 0 Å². The Kier molecular flexibility index (Phi) is 4.16. The molecule has 0 radical (unpaired) electrons. The first-order valence-electron chi connectivity index (χ1n) is 4.44. The summed E-state index contributed by atoms with van der Waals surface area (Å²) in [5.74, 6) is -0.224. The van der Waals surface area contributed by atoms with Crippen molar-refractivity contribution < 1.29 is 4.79 Å². The number of hydrogen-bond acceptors (Lipinski definition) is 2. The molecule has 1 aromatic carbocycles. The van der Waals surface area contributed by atoms with Crippen LogP contribution in [-0.2, 0) is 0 Å². The van der Waals surface area contributed by atoms with E-state index < -0.39 is 0 Å². The predicted molar refractivity (Wildman–Crippen MR) is 76.9 cm³/mol. The first kappa shape index (κ1) is 13.4. The van der Waals surface area contributed by atoms with Gasteiger partial charge in [0.15, 0.2) is 0 Å². The van der Waals surface area contributed by atoms with Crippen molar-refractivity contribution in [3.05, 3.63) is 53.6 Å². The molecule has 17 heavy (non-hydrogen) atoms. The van der Waals surface area contributed by atoms with Crippen molar-refractivity contribution in [2.75, 3.05) is 0 Å². The molecule has 88 valence electrons. The molecule has 6 heteroatoms. The number of benzene rings is 1. The van der Waals surface area contributed by atoms with E-state index in [-0.39, 0.29) is 5.78 Å². The van der Waals surface area contributed by atoms with E-state index in [1.807, 2.05) is 0 Å². The minimum absolute atomic E-state index is 0.224. The molecule has 0 aliphatic heterocycles. The van der Waals surface area contributed by atoms with Crippen LogP contribution in [0.25, 0.3) is 0 Å². The number of rotatable bonds is 2. The Morgan fingerprint density at radius 3 is 2.18 bits per heavy atom. The summed E-state index contributed by atoms with van der Waals surface area (Å²) in [5, 5.41) is 1.17. The van der Waals surface area contributed by atoms with Crippen LogP contribution in [0.15, 0.2) is 28.1 Å². The van der Waals surface area contributed by atoms with Crippen LogP contribution < -0.4 is 0 Å². The number of ketones is 1. The van der Waals surface area contributed by atoms with Gasteiger partial charge in [-0.05, 0) is 34.1 Å². The van der Waals surface area contributed by atoms with E-state index in [1.54, 1.807) is 24.3 Å². The van der Waals surface area contributed by atoms with Gasteiger partial charge in [0, 0.05) is 0 Å². The van der Waals surface area contributed by atoms with Crippen molar-refractivity contribution in [2.24, 2.45) is 0 Å². The fourth-order valence-electron chi connectivity index (χ4n) is 1.30. The van der Waals surface area contributed by atoms with Crippen LogP contribution in [0.4, 0.5) is 0 Å². The molecule has 0 fully saturated rings. The van der Waals surface area contributed by atoms with Gasteiger partial charge in [0.1, 0.15) is 0 Å². The lowest BCUT2D eigenvalue weighted by Gasteiger charge is -2.03. The van der Waals surface area contributed by atoms with Crippen LogP contribution >= 0.6 is 62.1 Å². The lowest BCUT2D eigenvalue weighted by molar-refractivity contribution is 0.104. The molecule has 2 rings (SSSR count). The number of thiophene rings is 1. The number of halogens is 4. The SMILES string of the molecule is O=C(c1cc(Cl)c(Br)s1)c1c(Cl)cccc1Cl. The van der Waals surface area contributed by atoms with Crippen molar-refractivity contribution in [3.8, 4) is 0 Å². The fraction of sp³-hybridized carbons (Fsp3) is 0. The standard InChI is InChI=1S/C11H4BrCl3OS/c12-11-7(15)4-8(17-11)10(16)9-5(13)2-1-3-6(9)14/h1-4H. The van der Waals surface area contributed by atoms with Gasteiger partial charge in [-0.3, -0.25) is 4.79 Å². The summed E-state index contributed by atoms with van der Waals surface area (Å²) in [5.41, 5.74) is 0.307. The van der Waals surface area contributed by atoms with E-state index in [0.717, 1.165) is 0 Å². The molecule has 2 aromatic rings. The zero-order chi connectivity index (χ0) is 12.6. The van der Waals surface area contributed by atoms with Gasteiger partial charge >= 0.3 is 0 Å². The maximum atomic E-state index is 12.2. The molecule has 1 nitrogen and oxygen atoms in total. The smallest absolute Gasteiger partial charge is 0.206 e. The Morgan fingerprint density at radius 1 is 1.12 bits per heavy atom. The third-order valence-corrected chi connectivity index (χ3v) is 5.16. The fourth-order valence-corrected chi connectivity index (χ4v) is 3.51. The Balaban J connectivity index is 2.51. The molecule has 0 spiro atoms. The van der Waals surface area contributed by atoms with Gasteiger partial charge in [0.2, 0.25) is 5.78 Å². The van der Waals surface area contributed by atoms with Crippen LogP contribution in [0.1, 0.15) is 15.2 Å². The number of hydrogen-bond donors (Lipinski definition) is 0. The summed E-state index contributed by atoms with van der Waals surface area (Å²) in [4.78, 5) is 12.7. The number of carbonyl (C=O) groups excluding carboxylic acids is 1. The van der Waals surface area contributed by atoms with E-state index in [2.05, 4.69) is 15.9 Å². The summed E-state index contributed by atoms with van der Waals surface area (Å²) < 4.78 is 0.714. The van der Waals surface area contributed by atoms with E-state index in [9.17, 15) is 4.79 Å². The molecule has 0 saturated heterocycles. The zero-order valence-corrected chi connectivity index (χ0v) is 12.8. The van der Waals surface area contributed by atoms with Crippen LogP contribution in [0.5, 0.6) is 0 Å². The van der Waals surface area contributed by atoms with Crippen molar-refractivity contribution in [1.82, 2.24) is 0 Å². The van der Waals surface area contributed by atoms with E-state index in [1.165, 1.54) is 11.3 Å². The molecule has 0 N–H and O–H groups in total. The first-order chi connectivity index (χ1) is 8.00. The maximum absolute atomic E-state index is 12.2. The summed E-state index contributed by atoms with van der Waals surface area (Å²) in [7, 11) is 0. The Morgan fingerprint density at radius 2 is 1.71 bits per heavy atom. The topological polar surface area (TPSA) is 17.1 Å². The monoisotopic (exact) mass is 368 g/mol. The normalized spacial score (nSPS) is 10.6. The van der Waals surface area contributed by atoms with Crippen molar-refractivity contribution in [1.29, 1.82) is 0 Å². The molecule has 0 aliphatic carbocycles.